The molecule has 0 saturated heterocycles. The van der Waals surface area contributed by atoms with E-state index in [2.05, 4.69) is 18.8 Å². The summed E-state index contributed by atoms with van der Waals surface area (Å²) < 4.78 is 0. The Morgan fingerprint density at radius 3 is 2.05 bits per heavy atom. The quantitative estimate of drug-likeness (QED) is 0.680. The predicted molar refractivity (Wildman–Crippen MR) is 85.2 cm³/mol. The summed E-state index contributed by atoms with van der Waals surface area (Å²) in [7, 11) is 6.73. The second kappa shape index (κ2) is 6.92. The Morgan fingerprint density at radius 1 is 1.05 bits per heavy atom. The maximum absolute atomic E-state index is 6.73. The average Bonchev–Trinajstić information content (AvgIpc) is 2.88. The van der Waals surface area contributed by atoms with Gasteiger partial charge in [-0.3, -0.25) is 0 Å². The molecule has 1 fully saturated rings. The smallest absolute Gasteiger partial charge is 0.0902 e. The molecular weight excluding hydrogens is 249 g/mol. The van der Waals surface area contributed by atoms with Crippen molar-refractivity contribution in [3.63, 3.8) is 0 Å². The second-order valence-corrected chi connectivity index (χ2v) is 7.42. The molecule has 0 spiro atoms. The minimum Gasteiger partial charge on any atom is -0.250 e. The Balaban J connectivity index is 2.10. The van der Waals surface area contributed by atoms with E-state index >= 15 is 0 Å². The fraction of sp³-hybridized carbons (Fsp3) is 0.812. The highest BCUT2D eigenvalue weighted by Crippen LogP contribution is 2.37. The highest BCUT2D eigenvalue weighted by Gasteiger charge is 2.29. The summed E-state index contributed by atoms with van der Waals surface area (Å²) >= 11 is 1.84. The Morgan fingerprint density at radius 2 is 1.58 bits per heavy atom. The molecule has 0 bridgehead atoms. The molecule has 0 N–H and O–H groups in total. The molecule has 1 aromatic rings. The van der Waals surface area contributed by atoms with E-state index < -0.39 is 0 Å². The van der Waals surface area contributed by atoms with Crippen LogP contribution in [0.5, 0.6) is 0 Å². The number of rotatable bonds is 2. The van der Waals surface area contributed by atoms with Gasteiger partial charge >= 0.3 is 0 Å². The van der Waals surface area contributed by atoms with Crippen LogP contribution in [-0.2, 0) is 5.31 Å². The third kappa shape index (κ3) is 4.08. The van der Waals surface area contributed by atoms with Gasteiger partial charge in [0.05, 0.1) is 12.9 Å². The van der Waals surface area contributed by atoms with Gasteiger partial charge in [0.15, 0.2) is 0 Å². The largest absolute Gasteiger partial charge is 0.250 e. The van der Waals surface area contributed by atoms with Crippen molar-refractivity contribution in [2.45, 2.75) is 82.9 Å². The molecule has 0 amide bonds. The number of nitrogens with zero attached hydrogens (tertiary/aromatic N) is 1. The highest BCUT2D eigenvalue weighted by atomic mass is 32.1. The van der Waals surface area contributed by atoms with Gasteiger partial charge in [-0.1, -0.05) is 58.8 Å². The molecule has 1 aliphatic carbocycles. The Kier molecular flexibility index (Phi) is 5.50. The molecule has 104 valence electrons. The van der Waals surface area contributed by atoms with E-state index in [4.69, 9.17) is 7.85 Å². The van der Waals surface area contributed by atoms with Gasteiger partial charge in [0, 0.05) is 11.1 Å². The lowest BCUT2D eigenvalue weighted by atomic mass is 9.63. The van der Waals surface area contributed by atoms with Crippen LogP contribution in [0.2, 0.25) is 0 Å². The van der Waals surface area contributed by atoms with Crippen molar-refractivity contribution in [3.05, 3.63) is 16.1 Å². The predicted octanol–water partition coefficient (Wildman–Crippen LogP) is 5.15. The van der Waals surface area contributed by atoms with Gasteiger partial charge in [-0.25, -0.2) is 4.98 Å². The first-order valence-corrected chi connectivity index (χ1v) is 8.68. The molecule has 2 radical (unpaired) electrons. The minimum atomic E-state index is -0.158. The summed E-state index contributed by atoms with van der Waals surface area (Å²) in [4.78, 5) is 6.02. The molecule has 0 atom stereocenters. The van der Waals surface area contributed by atoms with Gasteiger partial charge < -0.3 is 0 Å². The van der Waals surface area contributed by atoms with Crippen LogP contribution in [0.25, 0.3) is 0 Å². The summed E-state index contributed by atoms with van der Waals surface area (Å²) in [5.74, 6) is 0.564. The van der Waals surface area contributed by atoms with Crippen LogP contribution in [0.3, 0.4) is 0 Å². The molecule has 0 aromatic carbocycles. The number of thiazole rings is 1. The Bertz CT molecular complexity index is 376. The second-order valence-electron chi connectivity index (χ2n) is 6.35. The molecule has 2 rings (SSSR count). The third-order valence-electron chi connectivity index (χ3n) is 4.26. The topological polar surface area (TPSA) is 12.9 Å². The highest BCUT2D eigenvalue weighted by molar-refractivity contribution is 7.12. The van der Waals surface area contributed by atoms with Crippen molar-refractivity contribution in [1.82, 2.24) is 4.98 Å². The first-order valence-electron chi connectivity index (χ1n) is 7.87. The number of hydrogen-bond acceptors (Lipinski definition) is 2. The summed E-state index contributed by atoms with van der Waals surface area (Å²) in [6, 6.07) is 0. The molecule has 1 nitrogen and oxygen atoms in total. The lowest BCUT2D eigenvalue weighted by molar-refractivity contribution is 0.424. The van der Waals surface area contributed by atoms with E-state index in [1.807, 2.05) is 17.5 Å². The van der Waals surface area contributed by atoms with E-state index in [9.17, 15) is 0 Å². The van der Waals surface area contributed by atoms with Gasteiger partial charge in [-0.2, -0.15) is 0 Å². The summed E-state index contributed by atoms with van der Waals surface area (Å²) in [6.07, 6.45) is 13.6. The first-order chi connectivity index (χ1) is 9.12. The van der Waals surface area contributed by atoms with Gasteiger partial charge in [0.1, 0.15) is 0 Å². The zero-order valence-corrected chi connectivity index (χ0v) is 13.3. The van der Waals surface area contributed by atoms with Crippen molar-refractivity contribution in [3.8, 4) is 0 Å². The van der Waals surface area contributed by atoms with Crippen LogP contribution >= 0.6 is 11.3 Å². The molecule has 1 aliphatic rings. The maximum Gasteiger partial charge on any atom is 0.0902 e. The van der Waals surface area contributed by atoms with Crippen molar-refractivity contribution in [1.29, 1.82) is 0 Å². The van der Waals surface area contributed by atoms with Crippen molar-refractivity contribution < 1.29 is 0 Å². The summed E-state index contributed by atoms with van der Waals surface area (Å²) in [5, 5.41) is 1.02. The molecule has 19 heavy (non-hydrogen) atoms. The molecular formula is C16H26BNS. The molecule has 1 aromatic heterocycles. The van der Waals surface area contributed by atoms with Crippen molar-refractivity contribution >= 4 is 19.2 Å². The van der Waals surface area contributed by atoms with Crippen molar-refractivity contribution in [2.24, 2.45) is 0 Å². The average molecular weight is 275 g/mol. The molecule has 0 unspecified atom stereocenters. The normalized spacial score (nSPS) is 21.4. The first kappa shape index (κ1) is 15.1. The fourth-order valence-electron chi connectivity index (χ4n) is 2.89. The van der Waals surface area contributed by atoms with Crippen LogP contribution in [0.1, 0.15) is 87.4 Å². The summed E-state index contributed by atoms with van der Waals surface area (Å²) in [6.45, 7) is 4.46. The molecule has 1 saturated carbocycles. The van der Waals surface area contributed by atoms with Crippen molar-refractivity contribution in [2.75, 3.05) is 0 Å². The maximum atomic E-state index is 6.73. The zero-order chi connectivity index (χ0) is 13.7. The van der Waals surface area contributed by atoms with E-state index in [1.54, 1.807) is 0 Å². The van der Waals surface area contributed by atoms with E-state index in [1.165, 1.54) is 54.8 Å². The van der Waals surface area contributed by atoms with Gasteiger partial charge in [0.25, 0.3) is 0 Å². The SMILES string of the molecule is [B]C1(c2ncc(C(C)C)s2)CCCCCCCCC1. The van der Waals surface area contributed by atoms with Crippen LogP contribution in [0.4, 0.5) is 0 Å². The molecule has 3 heteroatoms. The van der Waals surface area contributed by atoms with Crippen LogP contribution in [-0.4, -0.2) is 12.8 Å². The van der Waals surface area contributed by atoms with E-state index in [0.29, 0.717) is 5.92 Å². The van der Waals surface area contributed by atoms with Crippen LogP contribution in [0, 0.1) is 0 Å². The van der Waals surface area contributed by atoms with Crippen LogP contribution in [0.15, 0.2) is 6.20 Å². The van der Waals surface area contributed by atoms with Gasteiger partial charge in [0.2, 0.25) is 0 Å². The Labute approximate surface area is 123 Å². The summed E-state index contributed by atoms with van der Waals surface area (Å²) in [5.41, 5.74) is 0. The lowest BCUT2D eigenvalue weighted by Gasteiger charge is -2.29. The fourth-order valence-corrected chi connectivity index (χ4v) is 3.96. The number of aromatic nitrogens is 1. The van der Waals surface area contributed by atoms with Crippen LogP contribution < -0.4 is 0 Å². The molecule has 0 aliphatic heterocycles. The van der Waals surface area contributed by atoms with Gasteiger partial charge in [-0.15, -0.1) is 11.3 Å². The zero-order valence-electron chi connectivity index (χ0n) is 12.5. The Hall–Kier alpha value is -0.305. The van der Waals surface area contributed by atoms with Gasteiger partial charge in [-0.05, 0) is 24.1 Å². The monoisotopic (exact) mass is 275 g/mol. The number of hydrogen-bond donors (Lipinski definition) is 0. The third-order valence-corrected chi connectivity index (χ3v) is 5.78. The minimum absolute atomic E-state index is 0.158. The molecule has 1 heterocycles. The lowest BCUT2D eigenvalue weighted by Crippen LogP contribution is -2.26. The van der Waals surface area contributed by atoms with E-state index in [0.717, 1.165) is 12.8 Å². The van der Waals surface area contributed by atoms with E-state index in [-0.39, 0.29) is 5.31 Å². The standard InChI is InChI=1S/C16H26BNS/c1-13(2)14-12-18-15(19-14)16(17)10-8-6-4-3-5-7-9-11-16/h12-13H,3-11H2,1-2H3.